The fourth-order valence-corrected chi connectivity index (χ4v) is 3.79. The zero-order chi connectivity index (χ0) is 24.7. The number of carbonyl (C=O) groups is 1. The Morgan fingerprint density at radius 2 is 2.06 bits per heavy atom. The summed E-state index contributed by atoms with van der Waals surface area (Å²) in [6.07, 6.45) is -2.86. The van der Waals surface area contributed by atoms with Gasteiger partial charge in [0.05, 0.1) is 24.1 Å². The van der Waals surface area contributed by atoms with Gasteiger partial charge in [0.25, 0.3) is 0 Å². The van der Waals surface area contributed by atoms with E-state index in [-0.39, 0.29) is 24.0 Å². The van der Waals surface area contributed by atoms with Crippen molar-refractivity contribution >= 4 is 35.0 Å². The van der Waals surface area contributed by atoms with E-state index < -0.39 is 11.7 Å². The number of carbonyl (C=O) groups excluding carboxylic acids is 1. The molecule has 0 bridgehead atoms. The molecule has 12 heteroatoms. The van der Waals surface area contributed by atoms with Gasteiger partial charge in [-0.1, -0.05) is 35.5 Å². The number of ether oxygens (including phenoxy) is 2. The van der Waals surface area contributed by atoms with Crippen LogP contribution in [0.3, 0.4) is 0 Å². The first-order chi connectivity index (χ1) is 16.2. The first-order valence-electron chi connectivity index (χ1n) is 9.80. The number of anilines is 1. The van der Waals surface area contributed by atoms with Crippen LogP contribution in [-0.4, -0.2) is 33.5 Å². The number of nitrogens with zero attached hydrogens (tertiary/aromatic N) is 3. The summed E-state index contributed by atoms with van der Waals surface area (Å²) < 4.78 is 51.1. The summed E-state index contributed by atoms with van der Waals surface area (Å²) >= 11 is 7.11. The Hall–Kier alpha value is -3.18. The highest BCUT2D eigenvalue weighted by atomic mass is 35.5. The molecule has 0 fully saturated rings. The van der Waals surface area contributed by atoms with E-state index in [4.69, 9.17) is 21.1 Å². The van der Waals surface area contributed by atoms with Crippen molar-refractivity contribution in [2.45, 2.75) is 24.5 Å². The molecule has 1 N–H and O–H groups in total. The highest BCUT2D eigenvalue weighted by Gasteiger charge is 2.30. The Morgan fingerprint density at radius 1 is 1.26 bits per heavy atom. The first kappa shape index (κ1) is 25.4. The van der Waals surface area contributed by atoms with Gasteiger partial charge in [0, 0.05) is 11.6 Å². The summed E-state index contributed by atoms with van der Waals surface area (Å²) in [7, 11) is 1.48. The minimum Gasteiger partial charge on any atom is -0.495 e. The average molecular weight is 513 g/mol. The lowest BCUT2D eigenvalue weighted by molar-refractivity contribution is -0.137. The second-order valence-electron chi connectivity index (χ2n) is 6.79. The zero-order valence-corrected chi connectivity index (χ0v) is 19.5. The van der Waals surface area contributed by atoms with Gasteiger partial charge in [0.2, 0.25) is 5.91 Å². The van der Waals surface area contributed by atoms with E-state index in [0.29, 0.717) is 34.0 Å². The Kier molecular flexibility index (Phi) is 8.46. The summed E-state index contributed by atoms with van der Waals surface area (Å²) in [6.45, 7) is 3.90. The van der Waals surface area contributed by atoms with Crippen LogP contribution in [0.1, 0.15) is 11.4 Å². The molecule has 0 aliphatic rings. The van der Waals surface area contributed by atoms with E-state index in [0.717, 1.165) is 23.9 Å². The standard InChI is InChI=1S/C22H20ClF3N4O3S/c1-3-9-30-19(12-33-16-6-4-5-14(10-16)22(24,25)26)28-29-21(30)34-13-20(31)27-17-11-15(23)7-8-18(17)32-2/h3-8,10-11H,1,9,12-13H2,2H3,(H,27,31). The number of nitrogens with one attached hydrogen (secondary N) is 1. The Bertz CT molecular complexity index is 1170. The van der Waals surface area contributed by atoms with E-state index in [1.165, 1.54) is 19.2 Å². The Balaban J connectivity index is 1.65. The number of hydrogen-bond acceptors (Lipinski definition) is 6. The van der Waals surface area contributed by atoms with Crippen molar-refractivity contribution in [3.63, 3.8) is 0 Å². The van der Waals surface area contributed by atoms with Crippen molar-refractivity contribution in [3.8, 4) is 11.5 Å². The monoisotopic (exact) mass is 512 g/mol. The van der Waals surface area contributed by atoms with Crippen LogP contribution < -0.4 is 14.8 Å². The van der Waals surface area contributed by atoms with Crippen LogP contribution >= 0.6 is 23.4 Å². The molecular weight excluding hydrogens is 493 g/mol. The molecular formula is C22H20ClF3N4O3S. The number of benzene rings is 2. The minimum absolute atomic E-state index is 0.0133. The number of alkyl halides is 3. The quantitative estimate of drug-likeness (QED) is 0.287. The minimum atomic E-state index is -4.47. The highest BCUT2D eigenvalue weighted by Crippen LogP contribution is 2.32. The third-order valence-corrected chi connectivity index (χ3v) is 5.60. The van der Waals surface area contributed by atoms with Gasteiger partial charge in [-0.05, 0) is 36.4 Å². The molecule has 0 saturated carbocycles. The van der Waals surface area contributed by atoms with Crippen molar-refractivity contribution in [1.29, 1.82) is 0 Å². The van der Waals surface area contributed by atoms with Crippen molar-refractivity contribution in [1.82, 2.24) is 14.8 Å². The second-order valence-corrected chi connectivity index (χ2v) is 8.17. The summed E-state index contributed by atoms with van der Waals surface area (Å²) in [4.78, 5) is 12.4. The molecule has 0 aliphatic carbocycles. The number of methoxy groups -OCH3 is 1. The predicted octanol–water partition coefficient (Wildman–Crippen LogP) is 5.45. The largest absolute Gasteiger partial charge is 0.495 e. The molecule has 7 nitrogen and oxygen atoms in total. The maximum Gasteiger partial charge on any atom is 0.416 e. The molecule has 1 aromatic heterocycles. The van der Waals surface area contributed by atoms with Gasteiger partial charge in [-0.3, -0.25) is 9.36 Å². The summed E-state index contributed by atoms with van der Waals surface area (Å²) in [5.74, 6) is 0.579. The number of rotatable bonds is 10. The van der Waals surface area contributed by atoms with Gasteiger partial charge >= 0.3 is 6.18 Å². The molecule has 3 aromatic rings. The van der Waals surface area contributed by atoms with Crippen LogP contribution in [0.15, 0.2) is 60.3 Å². The highest BCUT2D eigenvalue weighted by molar-refractivity contribution is 7.99. The zero-order valence-electron chi connectivity index (χ0n) is 17.9. The molecule has 1 amide bonds. The molecule has 0 radical (unpaired) electrons. The third kappa shape index (κ3) is 6.67. The smallest absolute Gasteiger partial charge is 0.416 e. The average Bonchev–Trinajstić information content (AvgIpc) is 3.18. The van der Waals surface area contributed by atoms with Crippen molar-refractivity contribution in [2.24, 2.45) is 0 Å². The van der Waals surface area contributed by atoms with E-state index >= 15 is 0 Å². The van der Waals surface area contributed by atoms with Crippen LogP contribution in [0.5, 0.6) is 11.5 Å². The van der Waals surface area contributed by atoms with Crippen molar-refractivity contribution in [3.05, 3.63) is 71.5 Å². The predicted molar refractivity (Wildman–Crippen MR) is 123 cm³/mol. The lowest BCUT2D eigenvalue weighted by Gasteiger charge is -2.12. The molecule has 0 spiro atoms. The van der Waals surface area contributed by atoms with Gasteiger partial charge in [-0.2, -0.15) is 13.2 Å². The van der Waals surface area contributed by atoms with E-state index in [2.05, 4.69) is 22.1 Å². The number of aromatic nitrogens is 3. The first-order valence-corrected chi connectivity index (χ1v) is 11.2. The van der Waals surface area contributed by atoms with Crippen molar-refractivity contribution < 1.29 is 27.4 Å². The molecule has 0 aliphatic heterocycles. The van der Waals surface area contributed by atoms with Crippen LogP contribution in [-0.2, 0) is 24.1 Å². The molecule has 2 aromatic carbocycles. The SMILES string of the molecule is C=CCn1c(COc2cccc(C(F)(F)F)c2)nnc1SCC(=O)Nc1cc(Cl)ccc1OC. The molecule has 34 heavy (non-hydrogen) atoms. The van der Waals surface area contributed by atoms with Gasteiger partial charge in [-0.15, -0.1) is 16.8 Å². The van der Waals surface area contributed by atoms with E-state index in [1.807, 2.05) is 0 Å². The van der Waals surface area contributed by atoms with E-state index in [1.54, 1.807) is 28.8 Å². The molecule has 1 heterocycles. The molecule has 0 unspecified atom stereocenters. The van der Waals surface area contributed by atoms with Gasteiger partial charge < -0.3 is 14.8 Å². The molecule has 0 saturated heterocycles. The Morgan fingerprint density at radius 3 is 2.76 bits per heavy atom. The maximum absolute atomic E-state index is 12.9. The van der Waals surface area contributed by atoms with Crippen LogP contribution in [0, 0.1) is 0 Å². The maximum atomic E-state index is 12.9. The fraction of sp³-hybridized carbons (Fsp3) is 0.227. The molecule has 0 atom stereocenters. The van der Waals surface area contributed by atoms with Crippen LogP contribution in [0.2, 0.25) is 5.02 Å². The van der Waals surface area contributed by atoms with Gasteiger partial charge in [0.15, 0.2) is 11.0 Å². The Labute approximate surface area is 202 Å². The number of halogens is 4. The fourth-order valence-electron chi connectivity index (χ4n) is 2.85. The number of amides is 1. The van der Waals surface area contributed by atoms with Gasteiger partial charge in [0.1, 0.15) is 18.1 Å². The normalized spacial score (nSPS) is 11.2. The third-order valence-electron chi connectivity index (χ3n) is 4.40. The van der Waals surface area contributed by atoms with Crippen molar-refractivity contribution in [2.75, 3.05) is 18.2 Å². The summed E-state index contributed by atoms with van der Waals surface area (Å²) in [5, 5.41) is 11.7. The lowest BCUT2D eigenvalue weighted by Crippen LogP contribution is -2.15. The summed E-state index contributed by atoms with van der Waals surface area (Å²) in [5.41, 5.74) is -0.375. The van der Waals surface area contributed by atoms with Crippen LogP contribution in [0.4, 0.5) is 18.9 Å². The number of hydrogen-bond donors (Lipinski definition) is 1. The second kappa shape index (κ2) is 11.3. The number of allylic oxidation sites excluding steroid dienone is 1. The summed E-state index contributed by atoms with van der Waals surface area (Å²) in [6, 6.07) is 9.43. The van der Waals surface area contributed by atoms with E-state index in [9.17, 15) is 18.0 Å². The lowest BCUT2D eigenvalue weighted by atomic mass is 10.2. The topological polar surface area (TPSA) is 78.3 Å². The number of thioether (sulfide) groups is 1. The molecule has 3 rings (SSSR count). The molecule has 180 valence electrons. The van der Waals surface area contributed by atoms with Crippen LogP contribution in [0.25, 0.3) is 0 Å². The van der Waals surface area contributed by atoms with Gasteiger partial charge in [-0.25, -0.2) is 0 Å².